The number of methoxy groups -OCH3 is 2. The molecule has 1 aliphatic heterocycles. The van der Waals surface area contributed by atoms with Crippen molar-refractivity contribution in [2.45, 2.75) is 24.8 Å². The third kappa shape index (κ3) is 1.74. The van der Waals surface area contributed by atoms with Gasteiger partial charge in [-0.3, -0.25) is 10.1 Å². The molecule has 0 aliphatic carbocycles. The van der Waals surface area contributed by atoms with Crippen molar-refractivity contribution in [2.75, 3.05) is 14.2 Å². The molecule has 1 rings (SSSR count). The van der Waals surface area contributed by atoms with Gasteiger partial charge in [0.1, 0.15) is 6.04 Å². The van der Waals surface area contributed by atoms with E-state index in [0.717, 1.165) is 0 Å². The number of carboxylic acid groups (broad SMARTS) is 1. The van der Waals surface area contributed by atoms with Crippen molar-refractivity contribution >= 4 is 5.97 Å². The molecule has 0 radical (unpaired) electrons. The summed E-state index contributed by atoms with van der Waals surface area (Å²) in [5, 5.41) is 11.4. The van der Waals surface area contributed by atoms with E-state index in [9.17, 15) is 4.79 Å². The van der Waals surface area contributed by atoms with Crippen LogP contribution >= 0.6 is 0 Å². The zero-order valence-electron chi connectivity index (χ0n) is 7.11. The van der Waals surface area contributed by atoms with Gasteiger partial charge in [0, 0.05) is 14.2 Å². The van der Waals surface area contributed by atoms with Gasteiger partial charge in [0.05, 0.1) is 6.04 Å². The van der Waals surface area contributed by atoms with E-state index in [4.69, 9.17) is 14.6 Å². The number of nitrogens with one attached hydrogen (secondary N) is 1. The summed E-state index contributed by atoms with van der Waals surface area (Å²) in [5.41, 5.74) is 0. The molecule has 0 aromatic heterocycles. The van der Waals surface area contributed by atoms with E-state index in [0.29, 0.717) is 6.42 Å². The van der Waals surface area contributed by atoms with Crippen molar-refractivity contribution in [3.8, 4) is 0 Å². The van der Waals surface area contributed by atoms with Crippen LogP contribution in [-0.4, -0.2) is 43.7 Å². The van der Waals surface area contributed by atoms with Crippen LogP contribution in [0.4, 0.5) is 0 Å². The Hall–Kier alpha value is -0.650. The third-order valence-corrected chi connectivity index (χ3v) is 2.00. The highest BCUT2D eigenvalue weighted by molar-refractivity contribution is 5.74. The predicted molar refractivity (Wildman–Crippen MR) is 40.8 cm³/mol. The summed E-state index contributed by atoms with van der Waals surface area (Å²) >= 11 is 0. The highest BCUT2D eigenvalue weighted by Crippen LogP contribution is 2.17. The van der Waals surface area contributed by atoms with E-state index in [1.165, 1.54) is 14.2 Å². The van der Waals surface area contributed by atoms with Crippen molar-refractivity contribution in [1.29, 1.82) is 0 Å². The van der Waals surface area contributed by atoms with Crippen LogP contribution in [0.25, 0.3) is 0 Å². The van der Waals surface area contributed by atoms with Gasteiger partial charge in [-0.05, 0) is 6.42 Å². The molecule has 0 amide bonds. The summed E-state index contributed by atoms with van der Waals surface area (Å²) in [6.45, 7) is 0. The first-order valence-corrected chi connectivity index (χ1v) is 3.73. The van der Waals surface area contributed by atoms with E-state index < -0.39 is 12.0 Å². The Kier molecular flexibility index (Phi) is 3.02. The molecule has 70 valence electrons. The summed E-state index contributed by atoms with van der Waals surface area (Å²) in [5.74, 6) is -0.822. The maximum atomic E-state index is 10.4. The van der Waals surface area contributed by atoms with Crippen LogP contribution in [-0.2, 0) is 14.3 Å². The van der Waals surface area contributed by atoms with E-state index in [1.54, 1.807) is 0 Å². The lowest BCUT2D eigenvalue weighted by molar-refractivity contribution is -0.158. The summed E-state index contributed by atoms with van der Waals surface area (Å²) in [7, 11) is 3.06. The lowest BCUT2D eigenvalue weighted by Crippen LogP contribution is -2.61. The van der Waals surface area contributed by atoms with E-state index in [1.807, 2.05) is 0 Å². The molecule has 5 heteroatoms. The Morgan fingerprint density at radius 3 is 2.42 bits per heavy atom. The molecule has 1 heterocycles. The van der Waals surface area contributed by atoms with E-state index in [2.05, 4.69) is 5.32 Å². The molecule has 0 unspecified atom stereocenters. The minimum Gasteiger partial charge on any atom is -0.480 e. The highest BCUT2D eigenvalue weighted by Gasteiger charge is 2.38. The molecule has 1 aliphatic rings. The van der Waals surface area contributed by atoms with Gasteiger partial charge in [0.2, 0.25) is 0 Å². The fourth-order valence-corrected chi connectivity index (χ4v) is 1.27. The van der Waals surface area contributed by atoms with Crippen molar-refractivity contribution in [1.82, 2.24) is 5.32 Å². The zero-order valence-corrected chi connectivity index (χ0v) is 7.11. The van der Waals surface area contributed by atoms with Crippen LogP contribution < -0.4 is 5.32 Å². The van der Waals surface area contributed by atoms with Crippen LogP contribution in [0.15, 0.2) is 0 Å². The summed E-state index contributed by atoms with van der Waals surface area (Å²) in [4.78, 5) is 10.4. The summed E-state index contributed by atoms with van der Waals surface area (Å²) in [6.07, 6.45) is 0.211. The fourth-order valence-electron chi connectivity index (χ4n) is 1.27. The molecule has 5 nitrogen and oxygen atoms in total. The molecule has 1 saturated heterocycles. The molecule has 2 atom stereocenters. The number of ether oxygens (including phenoxy) is 2. The van der Waals surface area contributed by atoms with Gasteiger partial charge in [-0.15, -0.1) is 0 Å². The van der Waals surface area contributed by atoms with Crippen molar-refractivity contribution < 1.29 is 19.4 Å². The van der Waals surface area contributed by atoms with Gasteiger partial charge in [0.15, 0.2) is 6.29 Å². The molecule has 0 bridgehead atoms. The molecule has 12 heavy (non-hydrogen) atoms. The summed E-state index contributed by atoms with van der Waals surface area (Å²) < 4.78 is 9.91. The number of hydrogen-bond donors (Lipinski definition) is 2. The molecule has 0 aromatic rings. The van der Waals surface area contributed by atoms with E-state index >= 15 is 0 Å². The van der Waals surface area contributed by atoms with Crippen LogP contribution in [0, 0.1) is 0 Å². The average molecular weight is 175 g/mol. The number of carboxylic acids is 1. The molecule has 0 spiro atoms. The van der Waals surface area contributed by atoms with E-state index in [-0.39, 0.29) is 12.3 Å². The number of carbonyl (C=O) groups is 1. The average Bonchev–Trinajstić information content (AvgIpc) is 1.94. The van der Waals surface area contributed by atoms with Gasteiger partial charge >= 0.3 is 5.97 Å². The largest absolute Gasteiger partial charge is 0.480 e. The van der Waals surface area contributed by atoms with Crippen molar-refractivity contribution in [3.63, 3.8) is 0 Å². The summed E-state index contributed by atoms with van der Waals surface area (Å²) in [6, 6.07) is -0.441. The lowest BCUT2D eigenvalue weighted by Gasteiger charge is -2.37. The first kappa shape index (κ1) is 9.44. The molecular formula is C7H13NO4. The second kappa shape index (κ2) is 3.84. The van der Waals surface area contributed by atoms with Crippen molar-refractivity contribution in [3.05, 3.63) is 0 Å². The first-order chi connectivity index (χ1) is 5.69. The van der Waals surface area contributed by atoms with Crippen LogP contribution in [0.3, 0.4) is 0 Å². The minimum absolute atomic E-state index is 0.00102. The smallest absolute Gasteiger partial charge is 0.320 e. The SMILES string of the molecule is COC(OC)[C@@H]1C[C@H](C(=O)O)N1. The van der Waals surface area contributed by atoms with Gasteiger partial charge < -0.3 is 14.6 Å². The molecule has 0 aromatic carbocycles. The van der Waals surface area contributed by atoms with Gasteiger partial charge in [-0.2, -0.15) is 0 Å². The lowest BCUT2D eigenvalue weighted by atomic mass is 9.97. The maximum absolute atomic E-state index is 10.4. The quantitative estimate of drug-likeness (QED) is 0.559. The standard InChI is InChI=1S/C7H13NO4/c1-11-7(12-2)5-3-4(8-5)6(9)10/h4-5,7-8H,3H2,1-2H3,(H,9,10)/t4-,5+/m1/s1. The molecule has 1 fully saturated rings. The second-order valence-electron chi connectivity index (χ2n) is 2.74. The Balaban J connectivity index is 2.28. The normalized spacial score (nSPS) is 28.6. The maximum Gasteiger partial charge on any atom is 0.320 e. The third-order valence-electron chi connectivity index (χ3n) is 2.00. The Labute approximate surface area is 70.7 Å². The van der Waals surface area contributed by atoms with Gasteiger partial charge in [-0.1, -0.05) is 0 Å². The minimum atomic E-state index is -0.822. The Bertz CT molecular complexity index is 163. The van der Waals surface area contributed by atoms with Crippen LogP contribution in [0.1, 0.15) is 6.42 Å². The second-order valence-corrected chi connectivity index (χ2v) is 2.74. The highest BCUT2D eigenvalue weighted by atomic mass is 16.7. The topological polar surface area (TPSA) is 67.8 Å². The van der Waals surface area contributed by atoms with Crippen LogP contribution in [0.5, 0.6) is 0 Å². The predicted octanol–water partition coefficient (Wildman–Crippen LogP) is -0.580. The Morgan fingerprint density at radius 2 is 2.08 bits per heavy atom. The number of aliphatic carboxylic acids is 1. The van der Waals surface area contributed by atoms with Gasteiger partial charge in [-0.25, -0.2) is 0 Å². The zero-order chi connectivity index (χ0) is 9.14. The molecular weight excluding hydrogens is 162 g/mol. The van der Waals surface area contributed by atoms with Crippen LogP contribution in [0.2, 0.25) is 0 Å². The number of hydrogen-bond acceptors (Lipinski definition) is 4. The monoisotopic (exact) mass is 175 g/mol. The first-order valence-electron chi connectivity index (χ1n) is 3.73. The van der Waals surface area contributed by atoms with Gasteiger partial charge in [0.25, 0.3) is 0 Å². The fraction of sp³-hybridized carbons (Fsp3) is 0.857. The van der Waals surface area contributed by atoms with Crippen molar-refractivity contribution in [2.24, 2.45) is 0 Å². The molecule has 0 saturated carbocycles. The molecule has 2 N–H and O–H groups in total. The Morgan fingerprint density at radius 1 is 1.58 bits per heavy atom. The number of rotatable bonds is 4.